The standard InChI is InChI=1S/C20H27N3O/c1-5-12-23(13-6-2)19-11-10-17(14-21-19)20(24)22-18-9-7-8-15(3)16(18)4/h7-11,14H,5-6,12-13H2,1-4H3,(H,22,24). The Bertz CT molecular complexity index is 674. The molecule has 0 unspecified atom stereocenters. The second-order valence-electron chi connectivity index (χ2n) is 6.09. The topological polar surface area (TPSA) is 45.2 Å². The van der Waals surface area contributed by atoms with Crippen LogP contribution in [0.3, 0.4) is 0 Å². The van der Waals surface area contributed by atoms with Gasteiger partial charge in [0.1, 0.15) is 5.82 Å². The fraction of sp³-hybridized carbons (Fsp3) is 0.400. The van der Waals surface area contributed by atoms with E-state index in [1.807, 2.05) is 44.2 Å². The molecule has 4 heteroatoms. The predicted octanol–water partition coefficient (Wildman–Crippen LogP) is 4.58. The van der Waals surface area contributed by atoms with Gasteiger partial charge in [-0.15, -0.1) is 0 Å². The Morgan fingerprint density at radius 2 is 1.79 bits per heavy atom. The van der Waals surface area contributed by atoms with Crippen LogP contribution in [0.5, 0.6) is 0 Å². The maximum Gasteiger partial charge on any atom is 0.257 e. The molecule has 0 aliphatic heterocycles. The van der Waals surface area contributed by atoms with Crippen molar-refractivity contribution >= 4 is 17.4 Å². The Morgan fingerprint density at radius 3 is 2.38 bits per heavy atom. The minimum absolute atomic E-state index is 0.125. The molecule has 1 aromatic carbocycles. The zero-order valence-electron chi connectivity index (χ0n) is 15.1. The number of amides is 1. The minimum Gasteiger partial charge on any atom is -0.357 e. The molecule has 2 rings (SSSR count). The highest BCUT2D eigenvalue weighted by molar-refractivity contribution is 6.04. The van der Waals surface area contributed by atoms with Gasteiger partial charge in [-0.05, 0) is 56.0 Å². The molecule has 1 N–H and O–H groups in total. The average Bonchev–Trinajstić information content (AvgIpc) is 2.59. The molecule has 0 saturated heterocycles. The third-order valence-electron chi connectivity index (χ3n) is 4.17. The van der Waals surface area contributed by atoms with Crippen LogP contribution < -0.4 is 10.2 Å². The van der Waals surface area contributed by atoms with Crippen LogP contribution >= 0.6 is 0 Å². The van der Waals surface area contributed by atoms with Crippen LogP contribution in [0.2, 0.25) is 0 Å². The summed E-state index contributed by atoms with van der Waals surface area (Å²) >= 11 is 0. The molecule has 0 aliphatic carbocycles. The minimum atomic E-state index is -0.125. The van der Waals surface area contributed by atoms with Crippen molar-refractivity contribution < 1.29 is 4.79 Å². The van der Waals surface area contributed by atoms with Gasteiger partial charge < -0.3 is 10.2 Å². The van der Waals surface area contributed by atoms with Gasteiger partial charge in [0.2, 0.25) is 0 Å². The molecule has 0 atom stereocenters. The molecule has 1 heterocycles. The quantitative estimate of drug-likeness (QED) is 0.810. The first-order chi connectivity index (χ1) is 11.6. The summed E-state index contributed by atoms with van der Waals surface area (Å²) in [6.07, 6.45) is 3.82. The molecule has 0 fully saturated rings. The van der Waals surface area contributed by atoms with Gasteiger partial charge >= 0.3 is 0 Å². The molecule has 1 amide bonds. The summed E-state index contributed by atoms with van der Waals surface area (Å²) in [4.78, 5) is 19.2. The molecule has 0 bridgehead atoms. The number of aromatic nitrogens is 1. The van der Waals surface area contributed by atoms with Crippen LogP contribution in [0.15, 0.2) is 36.5 Å². The summed E-state index contributed by atoms with van der Waals surface area (Å²) in [7, 11) is 0. The Labute approximate surface area is 144 Å². The lowest BCUT2D eigenvalue weighted by molar-refractivity contribution is 0.102. The van der Waals surface area contributed by atoms with Gasteiger partial charge in [-0.1, -0.05) is 26.0 Å². The van der Waals surface area contributed by atoms with E-state index < -0.39 is 0 Å². The number of carbonyl (C=O) groups excluding carboxylic acids is 1. The first kappa shape index (κ1) is 18.0. The van der Waals surface area contributed by atoms with Crippen LogP contribution in [-0.4, -0.2) is 24.0 Å². The monoisotopic (exact) mass is 325 g/mol. The predicted molar refractivity (Wildman–Crippen MR) is 101 cm³/mol. The van der Waals surface area contributed by atoms with E-state index in [-0.39, 0.29) is 5.91 Å². The van der Waals surface area contributed by atoms with E-state index in [0.29, 0.717) is 5.56 Å². The highest BCUT2D eigenvalue weighted by atomic mass is 16.1. The number of rotatable bonds is 7. The van der Waals surface area contributed by atoms with E-state index >= 15 is 0 Å². The van der Waals surface area contributed by atoms with Crippen LogP contribution in [0, 0.1) is 13.8 Å². The largest absolute Gasteiger partial charge is 0.357 e. The van der Waals surface area contributed by atoms with Crippen LogP contribution in [0.1, 0.15) is 48.2 Å². The van der Waals surface area contributed by atoms with Crippen LogP contribution in [0.4, 0.5) is 11.5 Å². The number of nitrogens with zero attached hydrogens (tertiary/aromatic N) is 2. The van der Waals surface area contributed by atoms with Gasteiger partial charge in [-0.2, -0.15) is 0 Å². The third kappa shape index (κ3) is 4.34. The van der Waals surface area contributed by atoms with Gasteiger partial charge in [0.05, 0.1) is 5.56 Å². The zero-order chi connectivity index (χ0) is 17.5. The van der Waals surface area contributed by atoms with Crippen molar-refractivity contribution in [2.24, 2.45) is 0 Å². The van der Waals surface area contributed by atoms with Gasteiger partial charge in [0, 0.05) is 25.0 Å². The fourth-order valence-corrected chi connectivity index (χ4v) is 2.67. The molecule has 1 aromatic heterocycles. The van der Waals surface area contributed by atoms with E-state index in [9.17, 15) is 4.79 Å². The molecular weight excluding hydrogens is 298 g/mol. The molecule has 0 aliphatic rings. The van der Waals surface area contributed by atoms with E-state index in [0.717, 1.165) is 48.6 Å². The number of pyridine rings is 1. The van der Waals surface area contributed by atoms with Gasteiger partial charge in [0.25, 0.3) is 5.91 Å². The summed E-state index contributed by atoms with van der Waals surface area (Å²) in [6.45, 7) is 10.3. The summed E-state index contributed by atoms with van der Waals surface area (Å²) in [5.41, 5.74) is 3.68. The SMILES string of the molecule is CCCN(CCC)c1ccc(C(=O)Nc2cccc(C)c2C)cn1. The summed E-state index contributed by atoms with van der Waals surface area (Å²) in [5.74, 6) is 0.808. The second kappa shape index (κ2) is 8.48. The second-order valence-corrected chi connectivity index (χ2v) is 6.09. The lowest BCUT2D eigenvalue weighted by atomic mass is 10.1. The number of hydrogen-bond acceptors (Lipinski definition) is 3. The molecule has 0 radical (unpaired) electrons. The Morgan fingerprint density at radius 1 is 1.08 bits per heavy atom. The summed E-state index contributed by atoms with van der Waals surface area (Å²) < 4.78 is 0. The summed E-state index contributed by atoms with van der Waals surface area (Å²) in [5, 5.41) is 2.97. The highest BCUT2D eigenvalue weighted by Gasteiger charge is 2.11. The third-order valence-corrected chi connectivity index (χ3v) is 4.17. The Kier molecular flexibility index (Phi) is 6.36. The van der Waals surface area contributed by atoms with Crippen molar-refractivity contribution in [1.82, 2.24) is 4.98 Å². The number of anilines is 2. The zero-order valence-corrected chi connectivity index (χ0v) is 15.1. The van der Waals surface area contributed by atoms with Gasteiger partial charge in [-0.25, -0.2) is 4.98 Å². The fourth-order valence-electron chi connectivity index (χ4n) is 2.67. The highest BCUT2D eigenvalue weighted by Crippen LogP contribution is 2.19. The van der Waals surface area contributed by atoms with Crippen LogP contribution in [0.25, 0.3) is 0 Å². The smallest absolute Gasteiger partial charge is 0.257 e. The Hall–Kier alpha value is -2.36. The Balaban J connectivity index is 2.12. The normalized spacial score (nSPS) is 10.5. The molecule has 0 saturated carbocycles. The average molecular weight is 325 g/mol. The number of benzene rings is 1. The molecule has 2 aromatic rings. The number of carbonyl (C=O) groups is 1. The van der Waals surface area contributed by atoms with Crippen molar-refractivity contribution in [1.29, 1.82) is 0 Å². The van der Waals surface area contributed by atoms with Gasteiger partial charge in [-0.3, -0.25) is 4.79 Å². The van der Waals surface area contributed by atoms with E-state index in [1.165, 1.54) is 0 Å². The van der Waals surface area contributed by atoms with Crippen molar-refractivity contribution in [2.75, 3.05) is 23.3 Å². The van der Waals surface area contributed by atoms with Crippen molar-refractivity contribution in [3.05, 3.63) is 53.2 Å². The number of nitrogens with one attached hydrogen (secondary N) is 1. The van der Waals surface area contributed by atoms with Gasteiger partial charge in [0.15, 0.2) is 0 Å². The lowest BCUT2D eigenvalue weighted by Crippen LogP contribution is -2.26. The van der Waals surface area contributed by atoms with E-state index in [1.54, 1.807) is 6.20 Å². The maximum atomic E-state index is 12.4. The molecule has 128 valence electrons. The molecule has 24 heavy (non-hydrogen) atoms. The van der Waals surface area contributed by atoms with E-state index in [4.69, 9.17) is 0 Å². The molecular formula is C20H27N3O. The van der Waals surface area contributed by atoms with Crippen molar-refractivity contribution in [3.63, 3.8) is 0 Å². The van der Waals surface area contributed by atoms with Crippen LogP contribution in [-0.2, 0) is 0 Å². The first-order valence-electron chi connectivity index (χ1n) is 8.65. The van der Waals surface area contributed by atoms with Crippen molar-refractivity contribution in [3.8, 4) is 0 Å². The van der Waals surface area contributed by atoms with E-state index in [2.05, 4.69) is 29.0 Å². The number of hydrogen-bond donors (Lipinski definition) is 1. The maximum absolute atomic E-state index is 12.4. The molecule has 4 nitrogen and oxygen atoms in total. The van der Waals surface area contributed by atoms with Crippen molar-refractivity contribution in [2.45, 2.75) is 40.5 Å². The first-order valence-corrected chi connectivity index (χ1v) is 8.65. The number of aryl methyl sites for hydroxylation is 1. The summed E-state index contributed by atoms with van der Waals surface area (Å²) in [6, 6.07) is 9.70. The molecule has 0 spiro atoms. The lowest BCUT2D eigenvalue weighted by Gasteiger charge is -2.22.